The first-order valence-electron chi connectivity index (χ1n) is 12.8. The predicted octanol–water partition coefficient (Wildman–Crippen LogP) is 6.22. The van der Waals surface area contributed by atoms with E-state index >= 15 is 0 Å². The van der Waals surface area contributed by atoms with Crippen molar-refractivity contribution in [2.45, 2.75) is 79.6 Å². The van der Waals surface area contributed by atoms with E-state index in [9.17, 15) is 14.7 Å². The molecule has 0 saturated heterocycles. The summed E-state index contributed by atoms with van der Waals surface area (Å²) in [5, 5.41) is 10.8. The van der Waals surface area contributed by atoms with Crippen molar-refractivity contribution in [2.24, 2.45) is 10.8 Å². The summed E-state index contributed by atoms with van der Waals surface area (Å²) in [5.74, 6) is 0.257. The number of Topliss-reactive ketones (excluding diaryl/α,β-unsaturated/α-hetero) is 2. The van der Waals surface area contributed by atoms with Crippen molar-refractivity contribution in [1.82, 2.24) is 4.90 Å². The van der Waals surface area contributed by atoms with Crippen LogP contribution in [0, 0.1) is 10.8 Å². The molecular formula is C30H39NO4. The van der Waals surface area contributed by atoms with E-state index in [1.807, 2.05) is 19.1 Å². The lowest BCUT2D eigenvalue weighted by Crippen LogP contribution is -2.44. The number of carbonyl (C=O) groups is 2. The molecule has 35 heavy (non-hydrogen) atoms. The lowest BCUT2D eigenvalue weighted by Gasteiger charge is -2.49. The second-order valence-corrected chi connectivity index (χ2v) is 11.7. The Labute approximate surface area is 209 Å². The van der Waals surface area contributed by atoms with Crippen molar-refractivity contribution in [1.29, 1.82) is 0 Å². The first-order valence-corrected chi connectivity index (χ1v) is 12.8. The van der Waals surface area contributed by atoms with Crippen molar-refractivity contribution in [3.63, 3.8) is 0 Å². The number of phenolic OH excluding ortho intramolecular Hbond substituents is 1. The smallest absolute Gasteiger partial charge is 0.162 e. The van der Waals surface area contributed by atoms with E-state index in [1.165, 1.54) is 0 Å². The molecule has 0 unspecified atom stereocenters. The summed E-state index contributed by atoms with van der Waals surface area (Å²) in [6, 6.07) is 3.76. The quantitative estimate of drug-likeness (QED) is 0.492. The van der Waals surface area contributed by atoms with E-state index < -0.39 is 5.92 Å². The zero-order chi connectivity index (χ0) is 25.7. The van der Waals surface area contributed by atoms with Crippen molar-refractivity contribution < 1.29 is 19.4 Å². The van der Waals surface area contributed by atoms with Crippen molar-refractivity contribution in [2.75, 3.05) is 13.2 Å². The van der Waals surface area contributed by atoms with E-state index in [0.717, 1.165) is 47.5 Å². The van der Waals surface area contributed by atoms with E-state index in [1.54, 1.807) is 6.08 Å². The van der Waals surface area contributed by atoms with Gasteiger partial charge in [-0.15, -0.1) is 6.58 Å². The van der Waals surface area contributed by atoms with Gasteiger partial charge in [0, 0.05) is 53.4 Å². The minimum absolute atomic E-state index is 0.0945. The molecule has 188 valence electrons. The van der Waals surface area contributed by atoms with Crippen LogP contribution in [0.4, 0.5) is 0 Å². The van der Waals surface area contributed by atoms with Gasteiger partial charge in [0.05, 0.1) is 6.61 Å². The number of phenols is 1. The van der Waals surface area contributed by atoms with Crippen LogP contribution in [0.3, 0.4) is 0 Å². The number of hydrogen-bond acceptors (Lipinski definition) is 5. The fourth-order valence-electron chi connectivity index (χ4n) is 6.20. The number of hydrogen-bond donors (Lipinski definition) is 1. The van der Waals surface area contributed by atoms with Crippen LogP contribution in [0.5, 0.6) is 11.5 Å². The molecule has 0 aromatic heterocycles. The number of aromatic hydroxyl groups is 1. The number of carbonyl (C=O) groups excluding carboxylic acids is 2. The molecule has 0 saturated carbocycles. The molecule has 0 bridgehead atoms. The van der Waals surface area contributed by atoms with Gasteiger partial charge in [-0.3, -0.25) is 9.59 Å². The van der Waals surface area contributed by atoms with Gasteiger partial charge in [0.2, 0.25) is 0 Å². The Morgan fingerprint density at radius 3 is 2.00 bits per heavy atom. The third-order valence-corrected chi connectivity index (χ3v) is 7.51. The number of ether oxygens (including phenoxy) is 1. The Hall–Kier alpha value is -2.82. The highest BCUT2D eigenvalue weighted by Gasteiger charge is 2.48. The summed E-state index contributed by atoms with van der Waals surface area (Å²) in [7, 11) is 0. The third kappa shape index (κ3) is 4.46. The summed E-state index contributed by atoms with van der Waals surface area (Å²) in [5.41, 5.74) is 4.85. The van der Waals surface area contributed by atoms with Crippen molar-refractivity contribution in [3.05, 3.63) is 58.5 Å². The van der Waals surface area contributed by atoms with E-state index in [2.05, 4.69) is 46.1 Å². The highest BCUT2D eigenvalue weighted by Crippen LogP contribution is 2.55. The number of nitrogens with zero attached hydrogens (tertiary/aromatic N) is 1. The van der Waals surface area contributed by atoms with Gasteiger partial charge >= 0.3 is 0 Å². The molecule has 4 rings (SSSR count). The van der Waals surface area contributed by atoms with Crippen LogP contribution in [0.1, 0.15) is 84.3 Å². The first kappa shape index (κ1) is 25.3. The molecule has 2 aliphatic carbocycles. The molecule has 0 atom stereocenters. The van der Waals surface area contributed by atoms with Gasteiger partial charge in [-0.25, -0.2) is 0 Å². The number of benzene rings is 1. The molecule has 1 aromatic rings. The molecule has 5 nitrogen and oxygen atoms in total. The molecule has 0 spiro atoms. The van der Waals surface area contributed by atoms with Crippen molar-refractivity contribution in [3.8, 4) is 11.5 Å². The second kappa shape index (κ2) is 9.00. The lowest BCUT2D eigenvalue weighted by atomic mass is 9.63. The van der Waals surface area contributed by atoms with Crippen LogP contribution in [0.15, 0.2) is 47.3 Å². The number of rotatable bonds is 6. The summed E-state index contributed by atoms with van der Waals surface area (Å²) in [6.45, 7) is 17.5. The fourth-order valence-corrected chi connectivity index (χ4v) is 6.20. The Morgan fingerprint density at radius 2 is 1.54 bits per heavy atom. The topological polar surface area (TPSA) is 66.8 Å². The van der Waals surface area contributed by atoms with Crippen LogP contribution in [-0.4, -0.2) is 34.7 Å². The van der Waals surface area contributed by atoms with Gasteiger partial charge in [-0.1, -0.05) is 39.8 Å². The largest absolute Gasteiger partial charge is 0.504 e. The lowest BCUT2D eigenvalue weighted by molar-refractivity contribution is -0.119. The zero-order valence-corrected chi connectivity index (χ0v) is 22.1. The molecule has 0 amide bonds. The van der Waals surface area contributed by atoms with Gasteiger partial charge in [0.25, 0.3) is 0 Å². The van der Waals surface area contributed by atoms with E-state index in [-0.39, 0.29) is 28.1 Å². The first-order chi connectivity index (χ1) is 16.4. The summed E-state index contributed by atoms with van der Waals surface area (Å²) < 4.78 is 5.79. The SMILES string of the molecule is C=CCc1cc(C2C3=C(CC(C)(C)CC3=O)N(CC)C3=C2C(=O)CC(C)(C)C3)cc(OCC)c1O. The summed E-state index contributed by atoms with van der Waals surface area (Å²) in [4.78, 5) is 29.8. The maximum absolute atomic E-state index is 13.8. The average molecular weight is 478 g/mol. The highest BCUT2D eigenvalue weighted by molar-refractivity contribution is 6.06. The molecule has 0 radical (unpaired) electrons. The van der Waals surface area contributed by atoms with Gasteiger partial charge in [0.15, 0.2) is 23.1 Å². The Morgan fingerprint density at radius 1 is 1.00 bits per heavy atom. The van der Waals surface area contributed by atoms with Gasteiger partial charge in [0.1, 0.15) is 0 Å². The maximum atomic E-state index is 13.8. The van der Waals surface area contributed by atoms with E-state index in [0.29, 0.717) is 37.2 Å². The van der Waals surface area contributed by atoms with Gasteiger partial charge < -0.3 is 14.7 Å². The molecule has 1 aromatic carbocycles. The molecule has 1 N–H and O–H groups in total. The zero-order valence-electron chi connectivity index (χ0n) is 22.1. The summed E-state index contributed by atoms with van der Waals surface area (Å²) >= 11 is 0. The fraction of sp³-hybridized carbons (Fsp3) is 0.533. The van der Waals surface area contributed by atoms with Crippen LogP contribution in [0.2, 0.25) is 0 Å². The molecule has 1 aliphatic heterocycles. The average Bonchev–Trinajstić information content (AvgIpc) is 2.73. The van der Waals surface area contributed by atoms with Crippen LogP contribution < -0.4 is 4.74 Å². The number of allylic oxidation sites excluding steroid dienone is 5. The summed E-state index contributed by atoms with van der Waals surface area (Å²) in [6.07, 6.45) is 4.70. The molecule has 1 heterocycles. The normalized spacial score (nSPS) is 21.7. The Balaban J connectivity index is 2.03. The van der Waals surface area contributed by atoms with Crippen molar-refractivity contribution >= 4 is 11.6 Å². The Bertz CT molecular complexity index is 1100. The van der Waals surface area contributed by atoms with Gasteiger partial charge in [-0.05, 0) is 55.6 Å². The van der Waals surface area contributed by atoms with Crippen LogP contribution >= 0.6 is 0 Å². The van der Waals surface area contributed by atoms with Gasteiger partial charge in [-0.2, -0.15) is 0 Å². The standard InChI is InChI=1S/C30H39NO4/c1-8-11-18-12-19(13-24(28(18)34)35-10-3)25-26-20(14-29(4,5)16-22(26)32)31(9-2)21-15-30(6,7)17-23(33)27(21)25/h8,12-13,25,34H,1,9-11,14-17H2,2-7H3. The minimum atomic E-state index is -0.446. The monoisotopic (exact) mass is 477 g/mol. The molecule has 3 aliphatic rings. The van der Waals surface area contributed by atoms with E-state index in [4.69, 9.17) is 4.74 Å². The molecule has 0 fully saturated rings. The van der Waals surface area contributed by atoms with Crippen LogP contribution in [0.25, 0.3) is 0 Å². The highest BCUT2D eigenvalue weighted by atomic mass is 16.5. The second-order valence-electron chi connectivity index (χ2n) is 11.7. The predicted molar refractivity (Wildman–Crippen MR) is 138 cm³/mol. The van der Waals surface area contributed by atoms with Crippen LogP contribution in [-0.2, 0) is 16.0 Å². The maximum Gasteiger partial charge on any atom is 0.162 e. The Kier molecular flexibility index (Phi) is 6.50. The number of ketones is 2. The molecular weight excluding hydrogens is 438 g/mol. The minimum Gasteiger partial charge on any atom is -0.504 e. The molecule has 5 heteroatoms. The third-order valence-electron chi connectivity index (χ3n) is 7.51.